The van der Waals surface area contributed by atoms with E-state index in [4.69, 9.17) is 5.73 Å². The minimum absolute atomic E-state index is 0.0312. The number of hydrogen-bond acceptors (Lipinski definition) is 2. The first kappa shape index (κ1) is 12.8. The third-order valence-corrected chi connectivity index (χ3v) is 3.61. The number of nitrogens with two attached hydrogens (primary N) is 1. The minimum Gasteiger partial charge on any atom is -0.341 e. The highest BCUT2D eigenvalue weighted by Gasteiger charge is 2.25. The smallest absolute Gasteiger partial charge is 0.244 e. The molecular weight excluding hydrogens is 224 g/mol. The second-order valence-electron chi connectivity index (χ2n) is 4.79. The SMILES string of the molecule is C=CC1CCN(C(=O)C(N)c2ccccc2)CC1. The van der Waals surface area contributed by atoms with Crippen LogP contribution in [-0.2, 0) is 4.79 Å². The number of carbonyl (C=O) groups is 1. The average Bonchev–Trinajstić information content (AvgIpc) is 2.47. The second kappa shape index (κ2) is 5.83. The van der Waals surface area contributed by atoms with Gasteiger partial charge < -0.3 is 10.6 Å². The predicted molar refractivity (Wildman–Crippen MR) is 72.9 cm³/mol. The molecule has 2 N–H and O–H groups in total. The summed E-state index contributed by atoms with van der Waals surface area (Å²) in [6.07, 6.45) is 3.98. The fourth-order valence-corrected chi connectivity index (χ4v) is 2.36. The van der Waals surface area contributed by atoms with Crippen molar-refractivity contribution in [2.24, 2.45) is 11.7 Å². The number of rotatable bonds is 3. The highest BCUT2D eigenvalue weighted by atomic mass is 16.2. The van der Waals surface area contributed by atoms with E-state index < -0.39 is 6.04 Å². The van der Waals surface area contributed by atoms with E-state index in [0.717, 1.165) is 31.5 Å². The maximum atomic E-state index is 12.3. The van der Waals surface area contributed by atoms with Gasteiger partial charge >= 0.3 is 0 Å². The number of hydrogen-bond donors (Lipinski definition) is 1. The van der Waals surface area contributed by atoms with E-state index in [-0.39, 0.29) is 5.91 Å². The Labute approximate surface area is 108 Å². The van der Waals surface area contributed by atoms with Gasteiger partial charge in [0.15, 0.2) is 0 Å². The molecule has 0 saturated carbocycles. The van der Waals surface area contributed by atoms with Gasteiger partial charge in [0.05, 0.1) is 0 Å². The van der Waals surface area contributed by atoms with Crippen LogP contribution in [0.3, 0.4) is 0 Å². The Balaban J connectivity index is 1.98. The zero-order chi connectivity index (χ0) is 13.0. The lowest BCUT2D eigenvalue weighted by Crippen LogP contribution is -2.43. The number of carbonyl (C=O) groups excluding carboxylic acids is 1. The molecule has 0 spiro atoms. The quantitative estimate of drug-likeness (QED) is 0.828. The molecular formula is C15H20N2O. The molecule has 1 atom stereocenters. The fourth-order valence-electron chi connectivity index (χ4n) is 2.36. The highest BCUT2D eigenvalue weighted by Crippen LogP contribution is 2.21. The van der Waals surface area contributed by atoms with E-state index >= 15 is 0 Å². The van der Waals surface area contributed by atoms with E-state index in [0.29, 0.717) is 5.92 Å². The van der Waals surface area contributed by atoms with E-state index in [2.05, 4.69) is 6.58 Å². The molecule has 0 aromatic heterocycles. The third-order valence-electron chi connectivity index (χ3n) is 3.61. The van der Waals surface area contributed by atoms with Gasteiger partial charge in [-0.3, -0.25) is 4.79 Å². The van der Waals surface area contributed by atoms with Gasteiger partial charge in [-0.2, -0.15) is 0 Å². The van der Waals surface area contributed by atoms with Crippen LogP contribution in [-0.4, -0.2) is 23.9 Å². The summed E-state index contributed by atoms with van der Waals surface area (Å²) in [7, 11) is 0. The number of allylic oxidation sites excluding steroid dienone is 1. The molecule has 3 heteroatoms. The topological polar surface area (TPSA) is 46.3 Å². The summed E-state index contributed by atoms with van der Waals surface area (Å²) in [6.45, 7) is 5.38. The minimum atomic E-state index is -0.536. The molecule has 1 fully saturated rings. The van der Waals surface area contributed by atoms with Crippen molar-refractivity contribution in [2.75, 3.05) is 13.1 Å². The number of benzene rings is 1. The van der Waals surface area contributed by atoms with Gasteiger partial charge in [-0.25, -0.2) is 0 Å². The Hall–Kier alpha value is -1.61. The predicted octanol–water partition coefficient (Wildman–Crippen LogP) is 2.11. The van der Waals surface area contributed by atoms with Crippen LogP contribution in [0.15, 0.2) is 43.0 Å². The van der Waals surface area contributed by atoms with Gasteiger partial charge in [-0.15, -0.1) is 6.58 Å². The number of likely N-dealkylation sites (tertiary alicyclic amines) is 1. The van der Waals surface area contributed by atoms with Gasteiger partial charge in [-0.1, -0.05) is 36.4 Å². The molecule has 0 radical (unpaired) electrons. The summed E-state index contributed by atoms with van der Waals surface area (Å²) >= 11 is 0. The number of amides is 1. The van der Waals surface area contributed by atoms with Gasteiger partial charge in [0, 0.05) is 13.1 Å². The molecule has 0 bridgehead atoms. The first-order valence-electron chi connectivity index (χ1n) is 6.44. The van der Waals surface area contributed by atoms with Crippen molar-refractivity contribution in [2.45, 2.75) is 18.9 Å². The Bertz CT molecular complexity index is 408. The van der Waals surface area contributed by atoms with Crippen molar-refractivity contribution < 1.29 is 4.79 Å². The van der Waals surface area contributed by atoms with Crippen molar-refractivity contribution in [3.8, 4) is 0 Å². The Morgan fingerprint density at radius 2 is 1.94 bits per heavy atom. The zero-order valence-electron chi connectivity index (χ0n) is 10.6. The Morgan fingerprint density at radius 1 is 1.33 bits per heavy atom. The van der Waals surface area contributed by atoms with Crippen LogP contribution < -0.4 is 5.73 Å². The molecule has 3 nitrogen and oxygen atoms in total. The zero-order valence-corrected chi connectivity index (χ0v) is 10.6. The van der Waals surface area contributed by atoms with E-state index in [1.165, 1.54) is 0 Å². The third kappa shape index (κ3) is 2.79. The maximum absolute atomic E-state index is 12.3. The summed E-state index contributed by atoms with van der Waals surface area (Å²) in [5.41, 5.74) is 6.91. The first-order valence-corrected chi connectivity index (χ1v) is 6.44. The molecule has 1 amide bonds. The monoisotopic (exact) mass is 244 g/mol. The molecule has 1 unspecified atom stereocenters. The van der Waals surface area contributed by atoms with Crippen molar-refractivity contribution in [3.05, 3.63) is 48.6 Å². The molecule has 18 heavy (non-hydrogen) atoms. The summed E-state index contributed by atoms with van der Waals surface area (Å²) in [5, 5.41) is 0. The van der Waals surface area contributed by atoms with Crippen LogP contribution in [0.5, 0.6) is 0 Å². The van der Waals surface area contributed by atoms with Gasteiger partial charge in [0.1, 0.15) is 6.04 Å². The molecule has 2 rings (SSSR count). The van der Waals surface area contributed by atoms with Crippen LogP contribution in [0.4, 0.5) is 0 Å². The molecule has 0 aliphatic carbocycles. The van der Waals surface area contributed by atoms with Crippen molar-refractivity contribution in [1.29, 1.82) is 0 Å². The van der Waals surface area contributed by atoms with Crippen LogP contribution in [0.2, 0.25) is 0 Å². The molecule has 1 saturated heterocycles. The summed E-state index contributed by atoms with van der Waals surface area (Å²) in [6, 6.07) is 9.01. The standard InChI is InChI=1S/C15H20N2O/c1-2-12-8-10-17(11-9-12)15(18)14(16)13-6-4-3-5-7-13/h2-7,12,14H,1,8-11,16H2. The van der Waals surface area contributed by atoms with Gasteiger partial charge in [0.25, 0.3) is 0 Å². The summed E-state index contributed by atoms with van der Waals surface area (Å²) in [4.78, 5) is 14.1. The molecule has 96 valence electrons. The Kier molecular flexibility index (Phi) is 4.15. The normalized spacial score (nSPS) is 18.4. The lowest BCUT2D eigenvalue weighted by molar-refractivity contribution is -0.133. The molecule has 1 aromatic rings. The Morgan fingerprint density at radius 3 is 2.50 bits per heavy atom. The number of piperidine rings is 1. The van der Waals surface area contributed by atoms with E-state index in [1.807, 2.05) is 41.3 Å². The van der Waals surface area contributed by atoms with Crippen molar-refractivity contribution >= 4 is 5.91 Å². The van der Waals surface area contributed by atoms with Crippen LogP contribution in [0, 0.1) is 5.92 Å². The molecule has 1 aliphatic rings. The van der Waals surface area contributed by atoms with Gasteiger partial charge in [0.2, 0.25) is 5.91 Å². The first-order chi connectivity index (χ1) is 8.72. The van der Waals surface area contributed by atoms with Crippen molar-refractivity contribution in [3.63, 3.8) is 0 Å². The fraction of sp³-hybridized carbons (Fsp3) is 0.400. The van der Waals surface area contributed by atoms with Crippen LogP contribution in [0.1, 0.15) is 24.4 Å². The number of nitrogens with zero attached hydrogens (tertiary/aromatic N) is 1. The van der Waals surface area contributed by atoms with Crippen molar-refractivity contribution in [1.82, 2.24) is 4.90 Å². The average molecular weight is 244 g/mol. The second-order valence-corrected chi connectivity index (χ2v) is 4.79. The maximum Gasteiger partial charge on any atom is 0.244 e. The summed E-state index contributed by atoms with van der Waals surface area (Å²) < 4.78 is 0. The molecule has 1 aliphatic heterocycles. The van der Waals surface area contributed by atoms with E-state index in [9.17, 15) is 4.79 Å². The lowest BCUT2D eigenvalue weighted by atomic mass is 9.96. The highest BCUT2D eigenvalue weighted by molar-refractivity contribution is 5.83. The van der Waals surface area contributed by atoms with Crippen LogP contribution in [0.25, 0.3) is 0 Å². The van der Waals surface area contributed by atoms with Crippen LogP contribution >= 0.6 is 0 Å². The largest absolute Gasteiger partial charge is 0.341 e. The van der Waals surface area contributed by atoms with E-state index in [1.54, 1.807) is 0 Å². The summed E-state index contributed by atoms with van der Waals surface area (Å²) in [5.74, 6) is 0.575. The lowest BCUT2D eigenvalue weighted by Gasteiger charge is -2.32. The molecule has 1 aromatic carbocycles. The molecule has 1 heterocycles. The van der Waals surface area contributed by atoms with Gasteiger partial charge in [-0.05, 0) is 24.3 Å².